The number of fused-ring (bicyclic) bond motifs is 1. The van der Waals surface area contributed by atoms with Crippen LogP contribution in [-0.2, 0) is 11.3 Å². The highest BCUT2D eigenvalue weighted by molar-refractivity contribution is 6.12. The highest BCUT2D eigenvalue weighted by Gasteiger charge is 2.15. The third-order valence-corrected chi connectivity index (χ3v) is 4.71. The molecule has 2 amide bonds. The molecule has 144 valence electrons. The molecule has 3 rings (SSSR count). The summed E-state index contributed by atoms with van der Waals surface area (Å²) >= 11 is 0. The Balaban J connectivity index is 1.90. The lowest BCUT2D eigenvalue weighted by molar-refractivity contribution is -0.128. The molecule has 0 aliphatic heterocycles. The number of nitrogens with zero attached hydrogens (tertiary/aromatic N) is 2. The van der Waals surface area contributed by atoms with E-state index in [0.717, 1.165) is 22.2 Å². The van der Waals surface area contributed by atoms with Crippen LogP contribution in [0, 0.1) is 0 Å². The summed E-state index contributed by atoms with van der Waals surface area (Å²) in [6, 6.07) is 17.1. The molecule has 0 saturated heterocycles. The van der Waals surface area contributed by atoms with Gasteiger partial charge in [-0.1, -0.05) is 44.2 Å². The zero-order valence-corrected chi connectivity index (χ0v) is 16.7. The van der Waals surface area contributed by atoms with Crippen molar-refractivity contribution in [1.29, 1.82) is 0 Å². The summed E-state index contributed by atoms with van der Waals surface area (Å²) in [5, 5.41) is 3.82. The van der Waals surface area contributed by atoms with E-state index < -0.39 is 0 Å². The van der Waals surface area contributed by atoms with Gasteiger partial charge in [-0.3, -0.25) is 14.6 Å². The Hall–Kier alpha value is -3.21. The highest BCUT2D eigenvalue weighted by Crippen LogP contribution is 2.23. The molecular weight excluding hydrogens is 350 g/mol. The topological polar surface area (TPSA) is 62.3 Å². The summed E-state index contributed by atoms with van der Waals surface area (Å²) in [5.74, 6) is 0.0538. The monoisotopic (exact) mass is 375 g/mol. The normalized spacial score (nSPS) is 10.9. The second-order valence-electron chi connectivity index (χ2n) is 7.30. The van der Waals surface area contributed by atoms with Crippen LogP contribution in [0.4, 0.5) is 5.69 Å². The lowest BCUT2D eigenvalue weighted by atomic mass is 10.0. The van der Waals surface area contributed by atoms with Gasteiger partial charge < -0.3 is 10.2 Å². The first kappa shape index (κ1) is 19.5. The molecule has 5 heteroatoms. The number of pyridine rings is 1. The average molecular weight is 375 g/mol. The van der Waals surface area contributed by atoms with Crippen LogP contribution in [0.3, 0.4) is 0 Å². The van der Waals surface area contributed by atoms with Crippen molar-refractivity contribution < 1.29 is 9.59 Å². The predicted molar refractivity (Wildman–Crippen MR) is 112 cm³/mol. The van der Waals surface area contributed by atoms with Crippen LogP contribution in [0.5, 0.6) is 0 Å². The third kappa shape index (κ3) is 4.36. The maximum atomic E-state index is 13.0. The molecule has 0 atom stereocenters. The molecule has 0 bridgehead atoms. The van der Waals surface area contributed by atoms with Gasteiger partial charge in [0.15, 0.2) is 0 Å². The minimum atomic E-state index is -0.169. The van der Waals surface area contributed by atoms with E-state index in [4.69, 9.17) is 0 Å². The zero-order valence-electron chi connectivity index (χ0n) is 16.7. The molecule has 2 aromatic carbocycles. The predicted octanol–water partition coefficient (Wildman–Crippen LogP) is 4.59. The van der Waals surface area contributed by atoms with Crippen molar-refractivity contribution in [3.05, 3.63) is 71.4 Å². The van der Waals surface area contributed by atoms with E-state index in [9.17, 15) is 9.59 Å². The minimum absolute atomic E-state index is 0.00101. The fourth-order valence-electron chi connectivity index (χ4n) is 3.01. The summed E-state index contributed by atoms with van der Waals surface area (Å²) in [7, 11) is 1.75. The molecule has 0 radical (unpaired) electrons. The number of amides is 2. The fraction of sp³-hybridized carbons (Fsp3) is 0.261. The molecule has 0 fully saturated rings. The van der Waals surface area contributed by atoms with Crippen LogP contribution in [-0.4, -0.2) is 28.7 Å². The molecule has 1 N–H and O–H groups in total. The lowest BCUT2D eigenvalue weighted by Gasteiger charge is -2.16. The number of carbonyl (C=O) groups is 2. The van der Waals surface area contributed by atoms with E-state index in [2.05, 4.69) is 24.1 Å². The van der Waals surface area contributed by atoms with Crippen molar-refractivity contribution in [3.8, 4) is 0 Å². The molecule has 0 aliphatic carbocycles. The largest absolute Gasteiger partial charge is 0.342 e. The van der Waals surface area contributed by atoms with Gasteiger partial charge in [-0.05, 0) is 35.7 Å². The summed E-state index contributed by atoms with van der Waals surface area (Å²) < 4.78 is 0. The molecule has 1 aromatic heterocycles. The number of para-hydroxylation sites is 1. The van der Waals surface area contributed by atoms with Gasteiger partial charge in [-0.25, -0.2) is 0 Å². The van der Waals surface area contributed by atoms with Crippen molar-refractivity contribution in [2.24, 2.45) is 0 Å². The average Bonchev–Trinajstić information content (AvgIpc) is 2.67. The minimum Gasteiger partial charge on any atom is -0.342 e. The number of anilines is 1. The number of hydrogen-bond acceptors (Lipinski definition) is 3. The quantitative estimate of drug-likeness (QED) is 0.709. The van der Waals surface area contributed by atoms with Gasteiger partial charge in [0.25, 0.3) is 5.91 Å². The van der Waals surface area contributed by atoms with Crippen molar-refractivity contribution >= 4 is 28.4 Å². The molecule has 1 heterocycles. The molecule has 28 heavy (non-hydrogen) atoms. The van der Waals surface area contributed by atoms with Crippen LogP contribution in [0.2, 0.25) is 0 Å². The summed E-state index contributed by atoms with van der Waals surface area (Å²) in [6.07, 6.45) is 0. The molecule has 0 saturated carbocycles. The Kier molecular flexibility index (Phi) is 5.73. The van der Waals surface area contributed by atoms with E-state index >= 15 is 0 Å². The molecule has 0 aliphatic rings. The fourth-order valence-corrected chi connectivity index (χ4v) is 3.01. The molecule has 3 aromatic rings. The number of benzene rings is 2. The molecule has 0 spiro atoms. The summed E-state index contributed by atoms with van der Waals surface area (Å²) in [6.45, 7) is 6.16. The molecule has 0 unspecified atom stereocenters. The molecular formula is C23H25N3O2. The Morgan fingerprint density at radius 3 is 2.54 bits per heavy atom. The van der Waals surface area contributed by atoms with Gasteiger partial charge in [0.05, 0.1) is 11.1 Å². The van der Waals surface area contributed by atoms with Crippen molar-refractivity contribution in [1.82, 2.24) is 9.88 Å². The van der Waals surface area contributed by atoms with Crippen LogP contribution in [0.25, 0.3) is 10.9 Å². The SMILES string of the molecule is CC(=O)N(C)Cc1cccc(NC(=O)c2cc(C(C)C)nc3ccccc23)c1. The highest BCUT2D eigenvalue weighted by atomic mass is 16.2. The van der Waals surface area contributed by atoms with E-state index in [1.165, 1.54) is 6.92 Å². The zero-order chi connectivity index (χ0) is 20.3. The standard InChI is InChI=1S/C23H25N3O2/c1-15(2)22-13-20(19-10-5-6-11-21(19)25-22)23(28)24-18-9-7-8-17(12-18)14-26(4)16(3)27/h5-13,15H,14H2,1-4H3,(H,24,28). The maximum Gasteiger partial charge on any atom is 0.256 e. The number of hydrogen-bond donors (Lipinski definition) is 1. The first-order valence-corrected chi connectivity index (χ1v) is 9.37. The Morgan fingerprint density at radius 2 is 1.82 bits per heavy atom. The van der Waals surface area contributed by atoms with Gasteiger partial charge >= 0.3 is 0 Å². The second-order valence-corrected chi connectivity index (χ2v) is 7.30. The Bertz CT molecular complexity index is 1030. The van der Waals surface area contributed by atoms with E-state index in [1.807, 2.05) is 54.6 Å². The summed E-state index contributed by atoms with van der Waals surface area (Å²) in [5.41, 5.74) is 3.97. The van der Waals surface area contributed by atoms with Crippen molar-refractivity contribution in [2.75, 3.05) is 12.4 Å². The number of aromatic nitrogens is 1. The van der Waals surface area contributed by atoms with Gasteiger partial charge in [-0.2, -0.15) is 0 Å². The first-order valence-electron chi connectivity index (χ1n) is 9.37. The van der Waals surface area contributed by atoms with Crippen LogP contribution in [0.1, 0.15) is 48.3 Å². The van der Waals surface area contributed by atoms with Gasteiger partial charge in [0.2, 0.25) is 5.91 Å². The van der Waals surface area contributed by atoms with Gasteiger partial charge in [0.1, 0.15) is 0 Å². The van der Waals surface area contributed by atoms with Gasteiger partial charge in [-0.15, -0.1) is 0 Å². The lowest BCUT2D eigenvalue weighted by Crippen LogP contribution is -2.23. The number of carbonyl (C=O) groups excluding carboxylic acids is 2. The van der Waals surface area contributed by atoms with Crippen molar-refractivity contribution in [2.45, 2.75) is 33.2 Å². The smallest absolute Gasteiger partial charge is 0.256 e. The van der Waals surface area contributed by atoms with E-state index in [1.54, 1.807) is 11.9 Å². The number of nitrogens with one attached hydrogen (secondary N) is 1. The maximum absolute atomic E-state index is 13.0. The van der Waals surface area contributed by atoms with E-state index in [0.29, 0.717) is 17.8 Å². The molecule has 5 nitrogen and oxygen atoms in total. The number of rotatable bonds is 5. The first-order chi connectivity index (χ1) is 13.3. The van der Waals surface area contributed by atoms with Crippen LogP contribution >= 0.6 is 0 Å². The van der Waals surface area contributed by atoms with Gasteiger partial charge in [0, 0.05) is 37.3 Å². The third-order valence-electron chi connectivity index (χ3n) is 4.71. The van der Waals surface area contributed by atoms with E-state index in [-0.39, 0.29) is 17.7 Å². The second kappa shape index (κ2) is 8.21. The Morgan fingerprint density at radius 1 is 1.07 bits per heavy atom. The van der Waals surface area contributed by atoms with Crippen LogP contribution in [0.15, 0.2) is 54.6 Å². The van der Waals surface area contributed by atoms with Crippen LogP contribution < -0.4 is 5.32 Å². The van der Waals surface area contributed by atoms with Crippen molar-refractivity contribution in [3.63, 3.8) is 0 Å². The Labute approximate surface area is 165 Å². The summed E-state index contributed by atoms with van der Waals surface area (Å²) in [4.78, 5) is 30.8.